The predicted octanol–water partition coefficient (Wildman–Crippen LogP) is 3.87. The van der Waals surface area contributed by atoms with Crippen LogP contribution in [0.25, 0.3) is 21.8 Å². The summed E-state index contributed by atoms with van der Waals surface area (Å²) in [5, 5.41) is 14.0. The number of nitrogens with zero attached hydrogens (tertiary/aromatic N) is 1. The Morgan fingerprint density at radius 1 is 1.21 bits per heavy atom. The standard InChI is InChI=1S/C19H22N2O2S/c1-3-21-17-7-5-4-6-15(17)16-12-14(8-9-18(16)21)20-19(23)13(2)24-11-10-22/h4-9,12-13,22H,3,10-11H2,1-2H3,(H,20,23)/t13-/m1/s1. The van der Waals surface area contributed by atoms with Crippen molar-refractivity contribution >= 4 is 45.2 Å². The maximum atomic E-state index is 12.3. The SMILES string of the molecule is CCn1c2ccccc2c2cc(NC(=O)[C@@H](C)SCCO)ccc21. The van der Waals surface area contributed by atoms with Crippen molar-refractivity contribution in [2.75, 3.05) is 17.7 Å². The highest BCUT2D eigenvalue weighted by atomic mass is 32.2. The molecule has 4 nitrogen and oxygen atoms in total. The Bertz CT molecular complexity index is 872. The number of hydrogen-bond acceptors (Lipinski definition) is 3. The zero-order valence-electron chi connectivity index (χ0n) is 14.0. The third kappa shape index (κ3) is 3.14. The monoisotopic (exact) mass is 342 g/mol. The van der Waals surface area contributed by atoms with Gasteiger partial charge in [-0.3, -0.25) is 4.79 Å². The van der Waals surface area contributed by atoms with Crippen LogP contribution >= 0.6 is 11.8 Å². The number of carbonyl (C=O) groups excluding carboxylic acids is 1. The van der Waals surface area contributed by atoms with Gasteiger partial charge in [0, 0.05) is 39.8 Å². The molecule has 126 valence electrons. The number of aromatic nitrogens is 1. The maximum absolute atomic E-state index is 12.3. The van der Waals surface area contributed by atoms with Crippen LogP contribution in [0.5, 0.6) is 0 Å². The van der Waals surface area contributed by atoms with Crippen molar-refractivity contribution in [3.8, 4) is 0 Å². The summed E-state index contributed by atoms with van der Waals surface area (Å²) in [6.45, 7) is 4.99. The van der Waals surface area contributed by atoms with E-state index >= 15 is 0 Å². The highest BCUT2D eigenvalue weighted by molar-refractivity contribution is 8.00. The number of fused-ring (bicyclic) bond motifs is 3. The van der Waals surface area contributed by atoms with E-state index in [2.05, 4.69) is 41.1 Å². The average molecular weight is 342 g/mol. The summed E-state index contributed by atoms with van der Waals surface area (Å²) in [6, 6.07) is 14.4. The first-order chi connectivity index (χ1) is 11.7. The largest absolute Gasteiger partial charge is 0.396 e. The second-order valence-corrected chi connectivity index (χ2v) is 7.17. The Kier molecular flexibility index (Phi) is 5.11. The highest BCUT2D eigenvalue weighted by Gasteiger charge is 2.14. The molecule has 0 spiro atoms. The number of thioether (sulfide) groups is 1. The minimum absolute atomic E-state index is 0.0352. The molecule has 0 radical (unpaired) electrons. The first-order valence-corrected chi connectivity index (χ1v) is 9.25. The molecular formula is C19H22N2O2S. The molecule has 0 aliphatic rings. The van der Waals surface area contributed by atoms with Gasteiger partial charge >= 0.3 is 0 Å². The van der Waals surface area contributed by atoms with Gasteiger partial charge < -0.3 is 15.0 Å². The number of carbonyl (C=O) groups is 1. The van der Waals surface area contributed by atoms with Crippen LogP contribution in [0.4, 0.5) is 5.69 Å². The summed E-state index contributed by atoms with van der Waals surface area (Å²) in [6.07, 6.45) is 0. The van der Waals surface area contributed by atoms with Crippen molar-refractivity contribution in [1.82, 2.24) is 4.57 Å². The molecule has 2 N–H and O–H groups in total. The molecule has 0 fully saturated rings. The van der Waals surface area contributed by atoms with E-state index in [4.69, 9.17) is 5.11 Å². The third-order valence-electron chi connectivity index (χ3n) is 4.18. The minimum Gasteiger partial charge on any atom is -0.396 e. The number of aliphatic hydroxyl groups is 1. The molecule has 2 aromatic carbocycles. The number of benzene rings is 2. The number of aryl methyl sites for hydroxylation is 1. The van der Waals surface area contributed by atoms with Crippen LogP contribution in [-0.2, 0) is 11.3 Å². The van der Waals surface area contributed by atoms with Crippen LogP contribution < -0.4 is 5.32 Å². The molecule has 0 aliphatic heterocycles. The molecule has 1 aromatic heterocycles. The van der Waals surface area contributed by atoms with Gasteiger partial charge in [0.15, 0.2) is 0 Å². The zero-order valence-corrected chi connectivity index (χ0v) is 14.8. The first-order valence-electron chi connectivity index (χ1n) is 8.20. The Hall–Kier alpha value is -1.98. The van der Waals surface area contributed by atoms with Crippen LogP contribution in [0.2, 0.25) is 0 Å². The van der Waals surface area contributed by atoms with Crippen molar-refractivity contribution in [3.05, 3.63) is 42.5 Å². The first kappa shape index (κ1) is 16.9. The molecule has 0 saturated heterocycles. The Labute approximate surface area is 145 Å². The molecule has 1 amide bonds. The Balaban J connectivity index is 1.94. The van der Waals surface area contributed by atoms with E-state index in [1.807, 2.05) is 25.1 Å². The summed E-state index contributed by atoms with van der Waals surface area (Å²) in [5.41, 5.74) is 3.20. The molecule has 0 bridgehead atoms. The maximum Gasteiger partial charge on any atom is 0.237 e. The predicted molar refractivity (Wildman–Crippen MR) is 103 cm³/mol. The van der Waals surface area contributed by atoms with Gasteiger partial charge in [0.25, 0.3) is 0 Å². The van der Waals surface area contributed by atoms with E-state index in [1.165, 1.54) is 28.2 Å². The lowest BCUT2D eigenvalue weighted by atomic mass is 10.1. The fraction of sp³-hybridized carbons (Fsp3) is 0.316. The average Bonchev–Trinajstić information content (AvgIpc) is 2.92. The summed E-state index contributed by atoms with van der Waals surface area (Å²) in [7, 11) is 0. The molecule has 1 heterocycles. The van der Waals surface area contributed by atoms with E-state index < -0.39 is 0 Å². The number of para-hydroxylation sites is 1. The Morgan fingerprint density at radius 3 is 2.71 bits per heavy atom. The highest BCUT2D eigenvalue weighted by Crippen LogP contribution is 2.31. The number of nitrogens with one attached hydrogen (secondary N) is 1. The molecule has 1 atom stereocenters. The van der Waals surface area contributed by atoms with Crippen LogP contribution in [0.3, 0.4) is 0 Å². The molecule has 3 rings (SSSR count). The summed E-state index contributed by atoms with van der Waals surface area (Å²) in [4.78, 5) is 12.3. The van der Waals surface area contributed by atoms with Crippen molar-refractivity contribution < 1.29 is 9.90 Å². The van der Waals surface area contributed by atoms with Crippen molar-refractivity contribution in [2.24, 2.45) is 0 Å². The van der Waals surface area contributed by atoms with Gasteiger partial charge in [-0.15, -0.1) is 11.8 Å². The topological polar surface area (TPSA) is 54.3 Å². The molecular weight excluding hydrogens is 320 g/mol. The molecule has 5 heteroatoms. The van der Waals surface area contributed by atoms with E-state index in [1.54, 1.807) is 0 Å². The number of anilines is 1. The summed E-state index contributed by atoms with van der Waals surface area (Å²) in [5.74, 6) is 0.532. The van der Waals surface area contributed by atoms with Gasteiger partial charge in [-0.25, -0.2) is 0 Å². The van der Waals surface area contributed by atoms with Crippen LogP contribution in [-0.4, -0.2) is 33.2 Å². The molecule has 0 saturated carbocycles. The lowest BCUT2D eigenvalue weighted by Gasteiger charge is -2.11. The Morgan fingerprint density at radius 2 is 1.96 bits per heavy atom. The van der Waals surface area contributed by atoms with E-state index in [-0.39, 0.29) is 17.8 Å². The smallest absolute Gasteiger partial charge is 0.237 e. The van der Waals surface area contributed by atoms with Gasteiger partial charge in [-0.1, -0.05) is 18.2 Å². The van der Waals surface area contributed by atoms with Gasteiger partial charge in [0.1, 0.15) is 0 Å². The molecule has 24 heavy (non-hydrogen) atoms. The summed E-state index contributed by atoms with van der Waals surface area (Å²) >= 11 is 1.45. The van der Waals surface area contributed by atoms with E-state index in [0.717, 1.165) is 17.6 Å². The van der Waals surface area contributed by atoms with E-state index in [9.17, 15) is 4.79 Å². The second kappa shape index (κ2) is 7.28. The van der Waals surface area contributed by atoms with Gasteiger partial charge in [0.2, 0.25) is 5.91 Å². The van der Waals surface area contributed by atoms with Gasteiger partial charge in [0.05, 0.1) is 11.9 Å². The summed E-state index contributed by atoms with van der Waals surface area (Å²) < 4.78 is 2.29. The molecule has 3 aromatic rings. The third-order valence-corrected chi connectivity index (χ3v) is 5.32. The lowest BCUT2D eigenvalue weighted by Crippen LogP contribution is -2.23. The fourth-order valence-corrected chi connectivity index (χ4v) is 3.69. The van der Waals surface area contributed by atoms with Gasteiger partial charge in [-0.2, -0.15) is 0 Å². The zero-order chi connectivity index (χ0) is 17.1. The van der Waals surface area contributed by atoms with Crippen molar-refractivity contribution in [3.63, 3.8) is 0 Å². The van der Waals surface area contributed by atoms with Crippen LogP contribution in [0.15, 0.2) is 42.5 Å². The minimum atomic E-state index is -0.190. The normalized spacial score (nSPS) is 12.6. The molecule has 0 unspecified atom stereocenters. The number of amides is 1. The number of rotatable bonds is 6. The van der Waals surface area contributed by atoms with Crippen molar-refractivity contribution in [1.29, 1.82) is 0 Å². The quantitative estimate of drug-likeness (QED) is 0.715. The van der Waals surface area contributed by atoms with Crippen molar-refractivity contribution in [2.45, 2.75) is 25.6 Å². The fourth-order valence-electron chi connectivity index (χ4n) is 3.02. The van der Waals surface area contributed by atoms with E-state index in [0.29, 0.717) is 5.75 Å². The van der Waals surface area contributed by atoms with Crippen LogP contribution in [0, 0.1) is 0 Å². The second-order valence-electron chi connectivity index (χ2n) is 5.72. The molecule has 0 aliphatic carbocycles. The number of hydrogen-bond donors (Lipinski definition) is 2. The van der Waals surface area contributed by atoms with Gasteiger partial charge in [-0.05, 0) is 38.1 Å². The number of aliphatic hydroxyl groups excluding tert-OH is 1. The lowest BCUT2D eigenvalue weighted by molar-refractivity contribution is -0.115. The van der Waals surface area contributed by atoms with Crippen LogP contribution in [0.1, 0.15) is 13.8 Å².